The quantitative estimate of drug-likeness (QED) is 0.769. The van der Waals surface area contributed by atoms with E-state index in [2.05, 4.69) is 25.8 Å². The topological polar surface area (TPSA) is 61.8 Å². The lowest BCUT2D eigenvalue weighted by Gasteiger charge is -2.25. The van der Waals surface area contributed by atoms with E-state index >= 15 is 0 Å². The zero-order chi connectivity index (χ0) is 18.2. The number of anilines is 1. The molecule has 2 atom stereocenters. The maximum atomic E-state index is 12.1. The SMILES string of the molecule is O=C1CCOCCN1CCN1CC2CN(c3cc(C4CC4)ncn3)CC2C1. The Bertz CT molecular complexity index is 681. The van der Waals surface area contributed by atoms with Crippen LogP contribution in [0.25, 0.3) is 0 Å². The van der Waals surface area contributed by atoms with Crippen LogP contribution in [0.15, 0.2) is 12.4 Å². The molecule has 1 aromatic rings. The molecule has 0 bridgehead atoms. The van der Waals surface area contributed by atoms with Gasteiger partial charge in [0.05, 0.1) is 19.6 Å². The van der Waals surface area contributed by atoms with Gasteiger partial charge < -0.3 is 19.4 Å². The first kappa shape index (κ1) is 17.4. The molecule has 7 nitrogen and oxygen atoms in total. The van der Waals surface area contributed by atoms with Crippen LogP contribution in [-0.4, -0.2) is 84.7 Å². The molecule has 0 radical (unpaired) electrons. The zero-order valence-corrected chi connectivity index (χ0v) is 15.9. The number of nitrogens with zero attached hydrogens (tertiary/aromatic N) is 5. The molecule has 4 aliphatic rings. The first-order valence-electron chi connectivity index (χ1n) is 10.4. The van der Waals surface area contributed by atoms with E-state index in [1.54, 1.807) is 6.33 Å². The number of aromatic nitrogens is 2. The van der Waals surface area contributed by atoms with E-state index in [-0.39, 0.29) is 5.91 Å². The van der Waals surface area contributed by atoms with Gasteiger partial charge in [-0.2, -0.15) is 0 Å². The van der Waals surface area contributed by atoms with E-state index in [1.807, 2.05) is 4.90 Å². The number of rotatable bonds is 5. The number of fused-ring (bicyclic) bond motifs is 1. The van der Waals surface area contributed by atoms with Crippen molar-refractivity contribution in [1.29, 1.82) is 0 Å². The highest BCUT2D eigenvalue weighted by molar-refractivity contribution is 5.76. The summed E-state index contributed by atoms with van der Waals surface area (Å²) in [5, 5.41) is 0. The van der Waals surface area contributed by atoms with Gasteiger partial charge >= 0.3 is 0 Å². The number of carbonyl (C=O) groups excluding carboxylic acids is 1. The smallest absolute Gasteiger partial charge is 0.225 e. The number of carbonyl (C=O) groups is 1. The summed E-state index contributed by atoms with van der Waals surface area (Å²) in [6.07, 6.45) is 4.83. The van der Waals surface area contributed by atoms with Crippen molar-refractivity contribution >= 4 is 11.7 Å². The second kappa shape index (κ2) is 7.36. The van der Waals surface area contributed by atoms with E-state index in [0.29, 0.717) is 37.4 Å². The van der Waals surface area contributed by atoms with E-state index < -0.39 is 0 Å². The Morgan fingerprint density at radius 3 is 2.63 bits per heavy atom. The van der Waals surface area contributed by atoms with Crippen LogP contribution in [0.2, 0.25) is 0 Å². The van der Waals surface area contributed by atoms with E-state index in [9.17, 15) is 4.79 Å². The molecule has 1 aliphatic carbocycles. The fourth-order valence-electron chi connectivity index (χ4n) is 4.81. The number of likely N-dealkylation sites (tertiary alicyclic amines) is 1. The van der Waals surface area contributed by atoms with Gasteiger partial charge in [0, 0.05) is 63.5 Å². The highest BCUT2D eigenvalue weighted by atomic mass is 16.5. The van der Waals surface area contributed by atoms with Crippen molar-refractivity contribution in [3.63, 3.8) is 0 Å². The van der Waals surface area contributed by atoms with Crippen LogP contribution in [0.5, 0.6) is 0 Å². The van der Waals surface area contributed by atoms with Gasteiger partial charge in [-0.3, -0.25) is 4.79 Å². The molecule has 0 N–H and O–H groups in total. The van der Waals surface area contributed by atoms with Crippen molar-refractivity contribution in [1.82, 2.24) is 19.8 Å². The van der Waals surface area contributed by atoms with Gasteiger partial charge in [0.25, 0.3) is 0 Å². The fourth-order valence-corrected chi connectivity index (χ4v) is 4.81. The summed E-state index contributed by atoms with van der Waals surface area (Å²) < 4.78 is 5.42. The van der Waals surface area contributed by atoms with Crippen molar-refractivity contribution < 1.29 is 9.53 Å². The highest BCUT2D eigenvalue weighted by Gasteiger charge is 2.40. The van der Waals surface area contributed by atoms with E-state index in [0.717, 1.165) is 51.6 Å². The number of amides is 1. The van der Waals surface area contributed by atoms with Crippen LogP contribution in [0.3, 0.4) is 0 Å². The van der Waals surface area contributed by atoms with Crippen molar-refractivity contribution in [3.05, 3.63) is 18.1 Å². The molecule has 1 aromatic heterocycles. The largest absolute Gasteiger partial charge is 0.379 e. The maximum absolute atomic E-state index is 12.1. The van der Waals surface area contributed by atoms with Gasteiger partial charge in [0.2, 0.25) is 5.91 Å². The van der Waals surface area contributed by atoms with Crippen LogP contribution in [-0.2, 0) is 9.53 Å². The van der Waals surface area contributed by atoms with Crippen LogP contribution in [0.1, 0.15) is 30.9 Å². The predicted molar refractivity (Wildman–Crippen MR) is 102 cm³/mol. The Kier molecular flexibility index (Phi) is 4.73. The normalized spacial score (nSPS) is 29.3. The second-order valence-electron chi connectivity index (χ2n) is 8.50. The number of hydrogen-bond donors (Lipinski definition) is 0. The van der Waals surface area contributed by atoms with Gasteiger partial charge in [-0.25, -0.2) is 9.97 Å². The minimum Gasteiger partial charge on any atom is -0.379 e. The Morgan fingerprint density at radius 1 is 1.04 bits per heavy atom. The van der Waals surface area contributed by atoms with Crippen LogP contribution in [0, 0.1) is 11.8 Å². The van der Waals surface area contributed by atoms with Crippen molar-refractivity contribution in [2.75, 3.05) is 63.9 Å². The Labute approximate surface area is 160 Å². The molecule has 3 saturated heterocycles. The monoisotopic (exact) mass is 371 g/mol. The predicted octanol–water partition coefficient (Wildman–Crippen LogP) is 0.971. The molecule has 146 valence electrons. The van der Waals surface area contributed by atoms with Gasteiger partial charge in [0.15, 0.2) is 0 Å². The summed E-state index contributed by atoms with van der Waals surface area (Å²) in [6.45, 7) is 8.28. The summed E-state index contributed by atoms with van der Waals surface area (Å²) in [5.41, 5.74) is 1.23. The summed E-state index contributed by atoms with van der Waals surface area (Å²) in [6, 6.07) is 2.21. The molecule has 2 unspecified atom stereocenters. The third kappa shape index (κ3) is 3.80. The lowest BCUT2D eigenvalue weighted by Crippen LogP contribution is -2.39. The first-order valence-corrected chi connectivity index (χ1v) is 10.4. The molecule has 3 aliphatic heterocycles. The lowest BCUT2D eigenvalue weighted by atomic mass is 10.0. The van der Waals surface area contributed by atoms with Crippen molar-refractivity contribution in [2.45, 2.75) is 25.2 Å². The molecule has 0 spiro atoms. The molecule has 1 amide bonds. The minimum atomic E-state index is 0.244. The molecule has 5 rings (SSSR count). The summed E-state index contributed by atoms with van der Waals surface area (Å²) in [7, 11) is 0. The van der Waals surface area contributed by atoms with Crippen molar-refractivity contribution in [2.24, 2.45) is 11.8 Å². The average Bonchev–Trinajstić information content (AvgIpc) is 3.39. The Morgan fingerprint density at radius 2 is 1.85 bits per heavy atom. The number of ether oxygens (including phenoxy) is 1. The molecule has 4 heterocycles. The highest BCUT2D eigenvalue weighted by Crippen LogP contribution is 2.40. The van der Waals surface area contributed by atoms with Crippen molar-refractivity contribution in [3.8, 4) is 0 Å². The summed E-state index contributed by atoms with van der Waals surface area (Å²) in [5.74, 6) is 3.47. The molecule has 27 heavy (non-hydrogen) atoms. The zero-order valence-electron chi connectivity index (χ0n) is 15.9. The standard InChI is InChI=1S/C20H29N5O2/c26-20-3-7-27-8-6-24(20)5-4-23-10-16-12-25(13-17(16)11-23)19-9-18(15-1-2-15)21-14-22-19/h9,14-17H,1-8,10-13H2. The summed E-state index contributed by atoms with van der Waals surface area (Å²) >= 11 is 0. The van der Waals surface area contributed by atoms with Gasteiger partial charge in [-0.1, -0.05) is 0 Å². The van der Waals surface area contributed by atoms with Gasteiger partial charge in [-0.05, 0) is 24.7 Å². The molecular formula is C20H29N5O2. The molecular weight excluding hydrogens is 342 g/mol. The minimum absolute atomic E-state index is 0.244. The van der Waals surface area contributed by atoms with Crippen LogP contribution >= 0.6 is 0 Å². The second-order valence-corrected chi connectivity index (χ2v) is 8.50. The third-order valence-corrected chi connectivity index (χ3v) is 6.56. The molecule has 4 fully saturated rings. The lowest BCUT2D eigenvalue weighted by molar-refractivity contribution is -0.130. The first-order chi connectivity index (χ1) is 13.3. The Hall–Kier alpha value is -1.73. The van der Waals surface area contributed by atoms with Crippen LogP contribution in [0.4, 0.5) is 5.82 Å². The molecule has 7 heteroatoms. The average molecular weight is 371 g/mol. The Balaban J connectivity index is 1.13. The summed E-state index contributed by atoms with van der Waals surface area (Å²) in [4.78, 5) is 28.1. The molecule has 1 saturated carbocycles. The van der Waals surface area contributed by atoms with Gasteiger partial charge in [0.1, 0.15) is 12.1 Å². The van der Waals surface area contributed by atoms with E-state index in [4.69, 9.17) is 4.74 Å². The number of hydrogen-bond acceptors (Lipinski definition) is 6. The maximum Gasteiger partial charge on any atom is 0.225 e. The van der Waals surface area contributed by atoms with Gasteiger partial charge in [-0.15, -0.1) is 0 Å². The fraction of sp³-hybridized carbons (Fsp3) is 0.750. The van der Waals surface area contributed by atoms with E-state index in [1.165, 1.54) is 18.5 Å². The molecule has 0 aromatic carbocycles. The van der Waals surface area contributed by atoms with Crippen LogP contribution < -0.4 is 4.90 Å². The third-order valence-electron chi connectivity index (χ3n) is 6.56.